The van der Waals surface area contributed by atoms with Crippen LogP contribution in [-0.2, 0) is 14.3 Å². The molecule has 0 atom stereocenters. The molecule has 0 aliphatic carbocycles. The average Bonchev–Trinajstić information content (AvgIpc) is 2.81. The number of carbonyl (C=O) groups is 3. The van der Waals surface area contributed by atoms with Gasteiger partial charge in [0.1, 0.15) is 5.69 Å². The van der Waals surface area contributed by atoms with E-state index >= 15 is 0 Å². The fraction of sp³-hybridized carbons (Fsp3) is 0.333. The largest absolute Gasteiger partial charge is 0.462 e. The third-order valence-corrected chi connectivity index (χ3v) is 1.79. The van der Waals surface area contributed by atoms with Crippen molar-refractivity contribution in [3.63, 3.8) is 0 Å². The number of Topliss-reactive ketones (excluding diaryl/α,β-unsaturated/α-hetero) is 1. The Morgan fingerprint density at radius 3 is 2.81 bits per heavy atom. The molecule has 1 aromatic rings. The number of H-pyrrole nitrogens is 1. The number of nitrogens with zero attached hydrogens (tertiary/aromatic N) is 1. The van der Waals surface area contributed by atoms with Crippen molar-refractivity contribution in [2.75, 3.05) is 13.7 Å². The number of imidazole rings is 1. The number of nitrogens with one attached hydrogen (secondary N) is 2. The lowest BCUT2D eigenvalue weighted by Gasteiger charge is -2.01. The van der Waals surface area contributed by atoms with Gasteiger partial charge in [-0.1, -0.05) is 0 Å². The van der Waals surface area contributed by atoms with Gasteiger partial charge in [-0.25, -0.2) is 9.78 Å². The number of aromatic nitrogens is 2. The molecule has 0 radical (unpaired) electrons. The van der Waals surface area contributed by atoms with Crippen molar-refractivity contribution in [2.24, 2.45) is 0 Å². The lowest BCUT2D eigenvalue weighted by molar-refractivity contribution is -0.152. The van der Waals surface area contributed by atoms with Gasteiger partial charge < -0.3 is 15.0 Å². The summed E-state index contributed by atoms with van der Waals surface area (Å²) in [5.41, 5.74) is 0.298. The molecule has 1 heterocycles. The van der Waals surface area contributed by atoms with Crippen LogP contribution >= 0.6 is 0 Å². The van der Waals surface area contributed by atoms with Gasteiger partial charge in [-0.3, -0.25) is 9.59 Å². The molecular formula is C9H11N3O4. The number of esters is 1. The van der Waals surface area contributed by atoms with E-state index in [1.807, 2.05) is 0 Å². The predicted molar refractivity (Wildman–Crippen MR) is 52.6 cm³/mol. The van der Waals surface area contributed by atoms with Crippen molar-refractivity contribution >= 4 is 17.7 Å². The van der Waals surface area contributed by atoms with E-state index in [9.17, 15) is 14.4 Å². The Morgan fingerprint density at radius 1 is 1.50 bits per heavy atom. The van der Waals surface area contributed by atoms with E-state index in [0.29, 0.717) is 5.69 Å². The molecule has 1 amide bonds. The monoisotopic (exact) mass is 225 g/mol. The van der Waals surface area contributed by atoms with Crippen LogP contribution in [0, 0.1) is 0 Å². The van der Waals surface area contributed by atoms with Gasteiger partial charge in [-0.05, 0) is 0 Å². The highest BCUT2D eigenvalue weighted by atomic mass is 16.5. The minimum absolute atomic E-state index is 0.0691. The van der Waals surface area contributed by atoms with E-state index in [-0.39, 0.29) is 18.7 Å². The van der Waals surface area contributed by atoms with Crippen LogP contribution < -0.4 is 5.32 Å². The minimum Gasteiger partial charge on any atom is -0.462 e. The normalized spacial score (nSPS) is 9.56. The molecule has 86 valence electrons. The van der Waals surface area contributed by atoms with Crippen molar-refractivity contribution in [1.82, 2.24) is 15.3 Å². The van der Waals surface area contributed by atoms with E-state index in [1.165, 1.54) is 12.5 Å². The Kier molecular flexibility index (Phi) is 4.19. The fourth-order valence-electron chi connectivity index (χ4n) is 0.995. The van der Waals surface area contributed by atoms with Crippen LogP contribution in [-0.4, -0.2) is 41.3 Å². The SMILES string of the molecule is COC(=O)C(=O)NCCC(=O)c1c[nH]cn1. The first-order valence-corrected chi connectivity index (χ1v) is 4.53. The molecule has 0 spiro atoms. The van der Waals surface area contributed by atoms with Crippen LogP contribution in [0.15, 0.2) is 12.5 Å². The van der Waals surface area contributed by atoms with E-state index in [0.717, 1.165) is 7.11 Å². The van der Waals surface area contributed by atoms with Gasteiger partial charge >= 0.3 is 11.9 Å². The summed E-state index contributed by atoms with van der Waals surface area (Å²) >= 11 is 0. The summed E-state index contributed by atoms with van der Waals surface area (Å²) in [6, 6.07) is 0. The molecule has 7 heteroatoms. The molecule has 0 aliphatic heterocycles. The van der Waals surface area contributed by atoms with E-state index < -0.39 is 11.9 Å². The summed E-state index contributed by atoms with van der Waals surface area (Å²) < 4.78 is 4.19. The summed E-state index contributed by atoms with van der Waals surface area (Å²) in [5.74, 6) is -2.06. The van der Waals surface area contributed by atoms with Crippen LogP contribution in [0.25, 0.3) is 0 Å². The summed E-state index contributed by atoms with van der Waals surface area (Å²) in [7, 11) is 1.11. The van der Waals surface area contributed by atoms with Gasteiger partial charge in [-0.2, -0.15) is 0 Å². The van der Waals surface area contributed by atoms with Gasteiger partial charge in [0, 0.05) is 19.2 Å². The molecule has 0 fully saturated rings. The summed E-state index contributed by atoms with van der Waals surface area (Å²) in [6.45, 7) is 0.0691. The molecule has 7 nitrogen and oxygen atoms in total. The first-order chi connectivity index (χ1) is 7.65. The van der Waals surface area contributed by atoms with E-state index in [2.05, 4.69) is 20.0 Å². The average molecular weight is 225 g/mol. The Balaban J connectivity index is 2.29. The number of ketones is 1. The highest BCUT2D eigenvalue weighted by molar-refractivity contribution is 6.32. The Hall–Kier alpha value is -2.18. The van der Waals surface area contributed by atoms with Gasteiger partial charge in [0.05, 0.1) is 13.4 Å². The second-order valence-corrected chi connectivity index (χ2v) is 2.88. The van der Waals surface area contributed by atoms with E-state index in [1.54, 1.807) is 0 Å². The predicted octanol–water partition coefficient (Wildman–Crippen LogP) is -0.728. The maximum Gasteiger partial charge on any atom is 0.396 e. The highest BCUT2D eigenvalue weighted by Gasteiger charge is 2.14. The van der Waals surface area contributed by atoms with Crippen molar-refractivity contribution in [3.05, 3.63) is 18.2 Å². The topological polar surface area (TPSA) is 101 Å². The van der Waals surface area contributed by atoms with E-state index in [4.69, 9.17) is 0 Å². The van der Waals surface area contributed by atoms with Crippen LogP contribution in [0.5, 0.6) is 0 Å². The van der Waals surface area contributed by atoms with Gasteiger partial charge in [-0.15, -0.1) is 0 Å². The molecule has 2 N–H and O–H groups in total. The molecular weight excluding hydrogens is 214 g/mol. The Labute approximate surface area is 91.2 Å². The Morgan fingerprint density at radius 2 is 2.25 bits per heavy atom. The zero-order chi connectivity index (χ0) is 12.0. The summed E-state index contributed by atoms with van der Waals surface area (Å²) in [4.78, 5) is 39.4. The van der Waals surface area contributed by atoms with Crippen molar-refractivity contribution in [1.29, 1.82) is 0 Å². The summed E-state index contributed by atoms with van der Waals surface area (Å²) in [5, 5.41) is 2.25. The molecule has 0 bridgehead atoms. The highest BCUT2D eigenvalue weighted by Crippen LogP contribution is 1.96. The smallest absolute Gasteiger partial charge is 0.396 e. The zero-order valence-corrected chi connectivity index (χ0v) is 8.65. The molecule has 0 saturated carbocycles. The standard InChI is InChI=1S/C9H11N3O4/c1-16-9(15)8(14)11-3-2-7(13)6-4-10-5-12-6/h4-5H,2-3H2,1H3,(H,10,12)(H,11,14). The van der Waals surface area contributed by atoms with Crippen molar-refractivity contribution in [3.8, 4) is 0 Å². The van der Waals surface area contributed by atoms with Crippen LogP contribution in [0.2, 0.25) is 0 Å². The van der Waals surface area contributed by atoms with Gasteiger partial charge in [0.25, 0.3) is 0 Å². The molecule has 0 unspecified atom stereocenters. The molecule has 1 rings (SSSR count). The minimum atomic E-state index is -0.979. The Bertz CT molecular complexity index is 385. The summed E-state index contributed by atoms with van der Waals surface area (Å²) in [6.07, 6.45) is 2.93. The van der Waals surface area contributed by atoms with Gasteiger partial charge in [0.2, 0.25) is 0 Å². The van der Waals surface area contributed by atoms with Gasteiger partial charge in [0.15, 0.2) is 5.78 Å². The fourth-order valence-corrected chi connectivity index (χ4v) is 0.995. The number of methoxy groups -OCH3 is 1. The first kappa shape index (κ1) is 11.9. The quantitative estimate of drug-likeness (QED) is 0.399. The number of aromatic amines is 1. The number of ether oxygens (including phenoxy) is 1. The van der Waals surface area contributed by atoms with Crippen LogP contribution in [0.4, 0.5) is 0 Å². The second kappa shape index (κ2) is 5.64. The number of rotatable bonds is 4. The number of amides is 1. The molecule has 0 saturated heterocycles. The molecule has 0 aliphatic rings. The maximum absolute atomic E-state index is 11.4. The molecule has 16 heavy (non-hydrogen) atoms. The van der Waals surface area contributed by atoms with Crippen molar-refractivity contribution < 1.29 is 19.1 Å². The third kappa shape index (κ3) is 3.19. The number of carbonyl (C=O) groups excluding carboxylic acids is 3. The number of hydrogen-bond donors (Lipinski definition) is 2. The lowest BCUT2D eigenvalue weighted by Crippen LogP contribution is -2.33. The molecule has 0 aromatic carbocycles. The lowest BCUT2D eigenvalue weighted by atomic mass is 10.2. The van der Waals surface area contributed by atoms with Crippen LogP contribution in [0.3, 0.4) is 0 Å². The third-order valence-electron chi connectivity index (χ3n) is 1.79. The van der Waals surface area contributed by atoms with Crippen molar-refractivity contribution in [2.45, 2.75) is 6.42 Å². The number of hydrogen-bond acceptors (Lipinski definition) is 5. The molecule has 1 aromatic heterocycles. The first-order valence-electron chi connectivity index (χ1n) is 4.53. The zero-order valence-electron chi connectivity index (χ0n) is 8.65. The maximum atomic E-state index is 11.4. The second-order valence-electron chi connectivity index (χ2n) is 2.88. The van der Waals surface area contributed by atoms with Crippen LogP contribution in [0.1, 0.15) is 16.9 Å².